The summed E-state index contributed by atoms with van der Waals surface area (Å²) >= 11 is 0. The van der Waals surface area contributed by atoms with Crippen molar-refractivity contribution >= 4 is 12.0 Å². The lowest BCUT2D eigenvalue weighted by Gasteiger charge is -2.00. The van der Waals surface area contributed by atoms with Gasteiger partial charge in [-0.3, -0.25) is 0 Å². The van der Waals surface area contributed by atoms with E-state index < -0.39 is 11.8 Å². The first kappa shape index (κ1) is 12.4. The summed E-state index contributed by atoms with van der Waals surface area (Å²) in [5, 5.41) is 11.7. The van der Waals surface area contributed by atoms with Gasteiger partial charge < -0.3 is 10.4 Å². The fourth-order valence-electron chi connectivity index (χ4n) is 1.28. The number of carbonyl (C=O) groups is 1. The van der Waals surface area contributed by atoms with Gasteiger partial charge in [-0.1, -0.05) is 24.3 Å². The lowest BCUT2D eigenvalue weighted by Crippen LogP contribution is -2.05. The second-order valence-electron chi connectivity index (χ2n) is 3.31. The van der Waals surface area contributed by atoms with E-state index in [1.54, 1.807) is 18.2 Å². The zero-order chi connectivity index (χ0) is 12.0. The molecule has 0 aliphatic carbocycles. The predicted octanol–water partition coefficient (Wildman–Crippen LogP) is 2.15. The van der Waals surface area contributed by atoms with Crippen molar-refractivity contribution < 1.29 is 14.3 Å². The Kier molecular flexibility index (Phi) is 4.66. The van der Waals surface area contributed by atoms with Crippen LogP contribution in [0.4, 0.5) is 4.39 Å². The monoisotopic (exact) mass is 223 g/mol. The second-order valence-corrected chi connectivity index (χ2v) is 3.31. The maximum Gasteiger partial charge on any atom is 0.338 e. The molecule has 0 radical (unpaired) electrons. The Bertz CT molecular complexity index is 402. The normalized spacial score (nSPS) is 10.9. The number of benzene rings is 1. The number of nitrogens with one attached hydrogen (secondary N) is 1. The van der Waals surface area contributed by atoms with Crippen LogP contribution in [0.3, 0.4) is 0 Å². The van der Waals surface area contributed by atoms with Gasteiger partial charge in [-0.25, -0.2) is 9.18 Å². The van der Waals surface area contributed by atoms with Crippen molar-refractivity contribution in [3.05, 3.63) is 41.2 Å². The van der Waals surface area contributed by atoms with Crippen molar-refractivity contribution in [3.8, 4) is 0 Å². The van der Waals surface area contributed by atoms with Crippen LogP contribution in [0.1, 0.15) is 22.3 Å². The minimum absolute atomic E-state index is 0.296. The predicted molar refractivity (Wildman–Crippen MR) is 60.9 cm³/mol. The number of halogens is 1. The van der Waals surface area contributed by atoms with Gasteiger partial charge in [0.15, 0.2) is 0 Å². The Morgan fingerprint density at radius 2 is 2.31 bits per heavy atom. The fourth-order valence-corrected chi connectivity index (χ4v) is 1.28. The van der Waals surface area contributed by atoms with Crippen LogP contribution in [0.5, 0.6) is 0 Å². The Morgan fingerprint density at radius 3 is 2.94 bits per heavy atom. The summed E-state index contributed by atoms with van der Waals surface area (Å²) in [6, 6.07) is 4.34. The highest BCUT2D eigenvalue weighted by Crippen LogP contribution is 2.14. The molecular weight excluding hydrogens is 209 g/mol. The van der Waals surface area contributed by atoms with Crippen LogP contribution in [0.25, 0.3) is 6.08 Å². The molecule has 0 atom stereocenters. The standard InChI is InChI=1S/C12H14FNO2/c1-14-8-3-2-5-9-6-4-7-10(11(9)13)12(15)16/h2,4-7,14H,3,8H2,1H3,(H,15,16). The lowest BCUT2D eigenvalue weighted by molar-refractivity contribution is 0.0692. The SMILES string of the molecule is CNCCC=Cc1cccc(C(=O)O)c1F. The molecule has 0 aromatic heterocycles. The summed E-state index contributed by atoms with van der Waals surface area (Å²) in [4.78, 5) is 10.7. The lowest BCUT2D eigenvalue weighted by atomic mass is 10.1. The van der Waals surface area contributed by atoms with Crippen LogP contribution >= 0.6 is 0 Å². The molecule has 0 spiro atoms. The number of carboxylic acid groups (broad SMARTS) is 1. The molecule has 0 amide bonds. The van der Waals surface area contributed by atoms with E-state index in [-0.39, 0.29) is 5.56 Å². The van der Waals surface area contributed by atoms with Gasteiger partial charge in [0, 0.05) is 5.56 Å². The molecular formula is C12H14FNO2. The van der Waals surface area contributed by atoms with Crippen LogP contribution in [-0.2, 0) is 0 Å². The van der Waals surface area contributed by atoms with Gasteiger partial charge in [0.2, 0.25) is 0 Å². The Balaban J connectivity index is 2.85. The molecule has 0 fully saturated rings. The van der Waals surface area contributed by atoms with E-state index in [0.29, 0.717) is 5.56 Å². The van der Waals surface area contributed by atoms with E-state index >= 15 is 0 Å². The summed E-state index contributed by atoms with van der Waals surface area (Å²) in [5.74, 6) is -1.93. The fraction of sp³-hybridized carbons (Fsp3) is 0.250. The maximum absolute atomic E-state index is 13.6. The summed E-state index contributed by atoms with van der Waals surface area (Å²) < 4.78 is 13.6. The van der Waals surface area contributed by atoms with E-state index in [9.17, 15) is 9.18 Å². The Labute approximate surface area is 93.6 Å². The molecule has 0 aliphatic heterocycles. The average Bonchev–Trinajstić information content (AvgIpc) is 2.26. The van der Waals surface area contributed by atoms with Crippen molar-refractivity contribution in [1.29, 1.82) is 0 Å². The van der Waals surface area contributed by atoms with E-state index in [1.165, 1.54) is 12.1 Å². The third-order valence-electron chi connectivity index (χ3n) is 2.12. The maximum atomic E-state index is 13.6. The quantitative estimate of drug-likeness (QED) is 0.752. The van der Waals surface area contributed by atoms with Crippen LogP contribution in [0.2, 0.25) is 0 Å². The van der Waals surface area contributed by atoms with Crippen molar-refractivity contribution in [3.63, 3.8) is 0 Å². The molecule has 0 saturated heterocycles. The van der Waals surface area contributed by atoms with Crippen LogP contribution in [-0.4, -0.2) is 24.7 Å². The minimum Gasteiger partial charge on any atom is -0.478 e. The third kappa shape index (κ3) is 3.17. The third-order valence-corrected chi connectivity index (χ3v) is 2.12. The van der Waals surface area contributed by atoms with E-state index in [0.717, 1.165) is 13.0 Å². The summed E-state index contributed by atoms with van der Waals surface area (Å²) in [6.45, 7) is 0.802. The minimum atomic E-state index is -1.25. The molecule has 3 nitrogen and oxygen atoms in total. The molecule has 4 heteroatoms. The zero-order valence-corrected chi connectivity index (χ0v) is 9.03. The summed E-state index contributed by atoms with van der Waals surface area (Å²) in [5.41, 5.74) is 0.00627. The smallest absolute Gasteiger partial charge is 0.338 e. The molecule has 0 saturated carbocycles. The van der Waals surface area contributed by atoms with Gasteiger partial charge in [0.05, 0.1) is 5.56 Å². The summed E-state index contributed by atoms with van der Waals surface area (Å²) in [7, 11) is 1.83. The topological polar surface area (TPSA) is 49.3 Å². The van der Waals surface area contributed by atoms with Gasteiger partial charge >= 0.3 is 5.97 Å². The van der Waals surface area contributed by atoms with E-state index in [2.05, 4.69) is 5.32 Å². The van der Waals surface area contributed by atoms with E-state index in [4.69, 9.17) is 5.11 Å². The molecule has 0 bridgehead atoms. The summed E-state index contributed by atoms with van der Waals surface area (Å²) in [6.07, 6.45) is 4.17. The van der Waals surface area contributed by atoms with Crippen LogP contribution < -0.4 is 5.32 Å². The number of hydrogen-bond donors (Lipinski definition) is 2. The second kappa shape index (κ2) is 6.02. The molecule has 1 rings (SSSR count). The first-order chi connectivity index (χ1) is 7.66. The van der Waals surface area contributed by atoms with E-state index in [1.807, 2.05) is 7.05 Å². The van der Waals surface area contributed by atoms with Gasteiger partial charge in [0.1, 0.15) is 5.82 Å². The largest absolute Gasteiger partial charge is 0.478 e. The highest BCUT2D eigenvalue weighted by atomic mass is 19.1. The molecule has 1 aromatic rings. The highest BCUT2D eigenvalue weighted by molar-refractivity contribution is 5.88. The van der Waals surface area contributed by atoms with Gasteiger partial charge in [-0.05, 0) is 26.1 Å². The number of rotatable bonds is 5. The van der Waals surface area contributed by atoms with Crippen molar-refractivity contribution in [2.45, 2.75) is 6.42 Å². The van der Waals surface area contributed by atoms with Crippen molar-refractivity contribution in [1.82, 2.24) is 5.32 Å². The molecule has 0 heterocycles. The van der Waals surface area contributed by atoms with Gasteiger partial charge in [-0.15, -0.1) is 0 Å². The first-order valence-electron chi connectivity index (χ1n) is 4.99. The number of carboxylic acids is 1. The molecule has 1 aromatic carbocycles. The Hall–Kier alpha value is -1.68. The first-order valence-corrected chi connectivity index (χ1v) is 4.99. The van der Waals surface area contributed by atoms with Gasteiger partial charge in [0.25, 0.3) is 0 Å². The zero-order valence-electron chi connectivity index (χ0n) is 9.03. The Morgan fingerprint density at radius 1 is 1.56 bits per heavy atom. The number of aromatic carboxylic acids is 1. The number of hydrogen-bond acceptors (Lipinski definition) is 2. The molecule has 86 valence electrons. The molecule has 2 N–H and O–H groups in total. The van der Waals surface area contributed by atoms with Gasteiger partial charge in [-0.2, -0.15) is 0 Å². The van der Waals surface area contributed by atoms with Crippen LogP contribution in [0, 0.1) is 5.82 Å². The average molecular weight is 223 g/mol. The molecule has 16 heavy (non-hydrogen) atoms. The van der Waals surface area contributed by atoms with Crippen molar-refractivity contribution in [2.75, 3.05) is 13.6 Å². The molecule has 0 aliphatic rings. The molecule has 0 unspecified atom stereocenters. The van der Waals surface area contributed by atoms with Crippen LogP contribution in [0.15, 0.2) is 24.3 Å². The highest BCUT2D eigenvalue weighted by Gasteiger charge is 2.11. The van der Waals surface area contributed by atoms with Crippen molar-refractivity contribution in [2.24, 2.45) is 0 Å².